The Morgan fingerprint density at radius 1 is 1.03 bits per heavy atom. The van der Waals surface area contributed by atoms with Crippen LogP contribution in [0.15, 0.2) is 24.3 Å². The number of carbonyl (C=O) groups excluding carboxylic acids is 1. The Hall–Kier alpha value is -1.84. The predicted octanol–water partition coefficient (Wildman–Crippen LogP) is 2.44. The van der Waals surface area contributed by atoms with E-state index in [4.69, 9.17) is 16.7 Å². The maximum Gasteiger partial charge on any atom is 0.404 e. The van der Waals surface area contributed by atoms with Crippen molar-refractivity contribution in [1.82, 2.24) is 15.1 Å². The van der Waals surface area contributed by atoms with E-state index in [-0.39, 0.29) is 35.2 Å². The fourth-order valence-corrected chi connectivity index (χ4v) is 7.17. The summed E-state index contributed by atoms with van der Waals surface area (Å²) in [6.45, 7) is 3.05. The number of nitrogens with one attached hydrogen (secondary N) is 1. The Bertz CT molecular complexity index is 949. The molecule has 2 N–H and O–H groups in total. The van der Waals surface area contributed by atoms with Crippen LogP contribution in [0.3, 0.4) is 0 Å². The number of halogens is 1. The van der Waals surface area contributed by atoms with Crippen molar-refractivity contribution in [3.05, 3.63) is 34.9 Å². The number of piperidine rings is 1. The van der Waals surface area contributed by atoms with E-state index in [0.29, 0.717) is 43.5 Å². The van der Waals surface area contributed by atoms with Crippen LogP contribution in [0, 0.1) is 11.8 Å². The van der Waals surface area contributed by atoms with Crippen LogP contribution < -0.4 is 5.32 Å². The summed E-state index contributed by atoms with van der Waals surface area (Å²) in [5, 5.41) is 12.2. The summed E-state index contributed by atoms with van der Waals surface area (Å²) < 4.78 is 23.4. The van der Waals surface area contributed by atoms with Crippen LogP contribution in [0.5, 0.6) is 0 Å². The second-order valence-electron chi connectivity index (χ2n) is 9.54. The Labute approximate surface area is 200 Å². The number of likely N-dealkylation sites (tertiary alicyclic amines) is 2. The number of amides is 2. The number of carboxylic acid groups (broad SMARTS) is 1. The molecule has 0 radical (unpaired) electrons. The lowest BCUT2D eigenvalue weighted by Crippen LogP contribution is -2.47. The molecule has 3 aliphatic heterocycles. The lowest BCUT2D eigenvalue weighted by Gasteiger charge is -2.39. The van der Waals surface area contributed by atoms with Gasteiger partial charge in [-0.05, 0) is 56.5 Å². The molecular weight excluding hydrogens is 466 g/mol. The van der Waals surface area contributed by atoms with Gasteiger partial charge in [-0.25, -0.2) is 13.2 Å². The van der Waals surface area contributed by atoms with Gasteiger partial charge >= 0.3 is 6.09 Å². The van der Waals surface area contributed by atoms with Crippen LogP contribution >= 0.6 is 11.6 Å². The molecule has 3 saturated heterocycles. The number of hydrogen-bond acceptors (Lipinski definition) is 5. The largest absolute Gasteiger partial charge is 0.465 e. The van der Waals surface area contributed by atoms with Gasteiger partial charge in [0.05, 0.1) is 11.5 Å². The molecule has 182 valence electrons. The van der Waals surface area contributed by atoms with E-state index in [1.165, 1.54) is 0 Å². The van der Waals surface area contributed by atoms with Crippen molar-refractivity contribution in [3.8, 4) is 0 Å². The highest BCUT2D eigenvalue weighted by Crippen LogP contribution is 2.35. The number of sulfone groups is 1. The van der Waals surface area contributed by atoms with Crippen molar-refractivity contribution in [2.75, 3.05) is 44.2 Å². The zero-order chi connectivity index (χ0) is 23.6. The predicted molar refractivity (Wildman–Crippen MR) is 126 cm³/mol. The molecule has 2 amide bonds. The van der Waals surface area contributed by atoms with Crippen molar-refractivity contribution >= 4 is 33.4 Å². The number of nitrogens with zero attached hydrogens (tertiary/aromatic N) is 2. The summed E-state index contributed by atoms with van der Waals surface area (Å²) in [6, 6.07) is 7.87. The molecule has 0 saturated carbocycles. The van der Waals surface area contributed by atoms with Gasteiger partial charge in [-0.15, -0.1) is 0 Å². The first kappa shape index (κ1) is 24.3. The lowest BCUT2D eigenvalue weighted by molar-refractivity contribution is -0.136. The standard InChI is InChI=1S/C23H32ClN3O5S/c24-19-3-1-16(2-4-19)21-15-27(14-18(21)13-25-23(29)30)22(28)17-5-9-26(10-6-17)20-7-11-33(31,32)12-8-20/h1-4,17-18,20-21,25H,5-15H2,(H,29,30)/t18-,21-/m0/s1. The third-order valence-electron chi connectivity index (χ3n) is 7.49. The molecule has 3 aliphatic rings. The van der Waals surface area contributed by atoms with Crippen LogP contribution in [0.2, 0.25) is 5.02 Å². The zero-order valence-electron chi connectivity index (χ0n) is 18.7. The van der Waals surface area contributed by atoms with Crippen LogP contribution in [0.25, 0.3) is 0 Å². The molecule has 3 fully saturated rings. The van der Waals surface area contributed by atoms with Crippen LogP contribution in [-0.4, -0.2) is 85.6 Å². The van der Waals surface area contributed by atoms with Gasteiger partial charge in [-0.2, -0.15) is 0 Å². The number of rotatable bonds is 5. The lowest BCUT2D eigenvalue weighted by atomic mass is 9.89. The maximum atomic E-state index is 13.4. The molecule has 3 heterocycles. The highest BCUT2D eigenvalue weighted by atomic mass is 35.5. The first-order valence-corrected chi connectivity index (χ1v) is 13.9. The van der Waals surface area contributed by atoms with Gasteiger partial charge in [0.15, 0.2) is 0 Å². The number of hydrogen-bond donors (Lipinski definition) is 2. The minimum absolute atomic E-state index is 0.00972. The van der Waals surface area contributed by atoms with E-state index < -0.39 is 15.9 Å². The third kappa shape index (κ3) is 6.00. The third-order valence-corrected chi connectivity index (χ3v) is 9.45. The summed E-state index contributed by atoms with van der Waals surface area (Å²) in [5.74, 6) is 0.714. The fraction of sp³-hybridized carbons (Fsp3) is 0.652. The van der Waals surface area contributed by atoms with E-state index in [9.17, 15) is 18.0 Å². The van der Waals surface area contributed by atoms with E-state index in [1.807, 2.05) is 29.2 Å². The highest BCUT2D eigenvalue weighted by Gasteiger charge is 2.40. The van der Waals surface area contributed by atoms with Gasteiger partial charge in [-0.3, -0.25) is 4.79 Å². The molecule has 0 bridgehead atoms. The average Bonchev–Trinajstić information content (AvgIpc) is 3.22. The van der Waals surface area contributed by atoms with Gasteiger partial charge in [0.2, 0.25) is 5.91 Å². The normalized spacial score (nSPS) is 26.9. The van der Waals surface area contributed by atoms with Crippen molar-refractivity contribution < 1.29 is 23.1 Å². The Kier molecular flexibility index (Phi) is 7.50. The Morgan fingerprint density at radius 2 is 1.67 bits per heavy atom. The molecule has 0 unspecified atom stereocenters. The monoisotopic (exact) mass is 497 g/mol. The number of carbonyl (C=O) groups is 2. The van der Waals surface area contributed by atoms with Crippen LogP contribution in [0.1, 0.15) is 37.2 Å². The fourth-order valence-electron chi connectivity index (χ4n) is 5.58. The zero-order valence-corrected chi connectivity index (χ0v) is 20.2. The molecule has 0 spiro atoms. The van der Waals surface area contributed by atoms with Crippen molar-refractivity contribution in [1.29, 1.82) is 0 Å². The highest BCUT2D eigenvalue weighted by molar-refractivity contribution is 7.91. The van der Waals surface area contributed by atoms with Crippen molar-refractivity contribution in [2.24, 2.45) is 11.8 Å². The second kappa shape index (κ2) is 10.2. The summed E-state index contributed by atoms with van der Waals surface area (Å²) in [7, 11) is -2.87. The second-order valence-corrected chi connectivity index (χ2v) is 12.3. The summed E-state index contributed by atoms with van der Waals surface area (Å²) in [6.07, 6.45) is 1.88. The van der Waals surface area contributed by atoms with E-state index in [1.54, 1.807) is 0 Å². The molecule has 1 aromatic carbocycles. The molecule has 0 aromatic heterocycles. The minimum Gasteiger partial charge on any atom is -0.465 e. The van der Waals surface area contributed by atoms with Gasteiger partial charge in [0, 0.05) is 48.5 Å². The van der Waals surface area contributed by atoms with E-state index >= 15 is 0 Å². The summed E-state index contributed by atoms with van der Waals surface area (Å²) >= 11 is 6.03. The molecule has 33 heavy (non-hydrogen) atoms. The van der Waals surface area contributed by atoms with E-state index in [0.717, 1.165) is 31.5 Å². The smallest absolute Gasteiger partial charge is 0.404 e. The molecule has 4 rings (SSSR count). The van der Waals surface area contributed by atoms with Gasteiger partial charge in [0.1, 0.15) is 9.84 Å². The van der Waals surface area contributed by atoms with Crippen LogP contribution in [-0.2, 0) is 14.6 Å². The molecule has 2 atom stereocenters. The van der Waals surface area contributed by atoms with Gasteiger partial charge < -0.3 is 20.2 Å². The van der Waals surface area contributed by atoms with E-state index in [2.05, 4.69) is 10.2 Å². The Morgan fingerprint density at radius 3 is 2.27 bits per heavy atom. The molecule has 1 aromatic rings. The van der Waals surface area contributed by atoms with Gasteiger partial charge in [0.25, 0.3) is 0 Å². The van der Waals surface area contributed by atoms with Crippen LogP contribution in [0.4, 0.5) is 4.79 Å². The van der Waals surface area contributed by atoms with Gasteiger partial charge in [-0.1, -0.05) is 23.7 Å². The maximum absolute atomic E-state index is 13.4. The molecule has 10 heteroatoms. The SMILES string of the molecule is O=C(O)NC[C@H]1CN(C(=O)C2CCN(C3CCS(=O)(=O)CC3)CC2)C[C@H]1c1ccc(Cl)cc1. The first-order chi connectivity index (χ1) is 15.7. The topological polar surface area (TPSA) is 107 Å². The number of benzene rings is 1. The Balaban J connectivity index is 1.35. The van der Waals surface area contributed by atoms with Crippen molar-refractivity contribution in [3.63, 3.8) is 0 Å². The summed E-state index contributed by atoms with van der Waals surface area (Å²) in [5.41, 5.74) is 1.06. The molecular formula is C23H32ClN3O5S. The summed E-state index contributed by atoms with van der Waals surface area (Å²) in [4.78, 5) is 28.7. The molecule has 0 aliphatic carbocycles. The quantitative estimate of drug-likeness (QED) is 0.647. The first-order valence-electron chi connectivity index (χ1n) is 11.7. The van der Waals surface area contributed by atoms with Crippen molar-refractivity contribution in [2.45, 2.75) is 37.6 Å². The molecule has 8 nitrogen and oxygen atoms in total. The minimum atomic E-state index is -2.87. The average molecular weight is 498 g/mol.